The van der Waals surface area contributed by atoms with Crippen molar-refractivity contribution in [3.05, 3.63) is 58.0 Å². The third-order valence-corrected chi connectivity index (χ3v) is 6.60. The molecule has 0 saturated heterocycles. The fourth-order valence-corrected chi connectivity index (χ4v) is 4.84. The first-order valence-electron chi connectivity index (χ1n) is 10.8. The van der Waals surface area contributed by atoms with Gasteiger partial charge in [-0.1, -0.05) is 12.1 Å². The van der Waals surface area contributed by atoms with E-state index in [1.54, 1.807) is 20.8 Å². The highest BCUT2D eigenvalue weighted by Crippen LogP contribution is 2.32. The molecule has 5 heteroatoms. The normalized spacial score (nSPS) is 11.5. The molecule has 0 aliphatic carbocycles. The van der Waals surface area contributed by atoms with Crippen molar-refractivity contribution in [2.24, 2.45) is 0 Å². The highest BCUT2D eigenvalue weighted by atomic mass is 32.1. The lowest BCUT2D eigenvalue weighted by atomic mass is 10.1. The van der Waals surface area contributed by atoms with E-state index >= 15 is 0 Å². The molecule has 0 radical (unpaired) electrons. The van der Waals surface area contributed by atoms with Crippen LogP contribution in [0.15, 0.2) is 36.4 Å². The summed E-state index contributed by atoms with van der Waals surface area (Å²) in [5, 5.41) is 1.36. The molecule has 2 aromatic carbocycles. The molecular weight excluding hydrogens is 408 g/mol. The van der Waals surface area contributed by atoms with Gasteiger partial charge in [0.1, 0.15) is 11.5 Å². The molecule has 0 bridgehead atoms. The highest BCUT2D eigenvalue weighted by Gasteiger charge is 2.32. The molecule has 0 atom stereocenters. The number of hydrogen-bond donors (Lipinski definition) is 0. The molecule has 31 heavy (non-hydrogen) atoms. The first-order chi connectivity index (χ1) is 14.7. The average Bonchev–Trinajstić information content (AvgIpc) is 3.02. The van der Waals surface area contributed by atoms with Crippen LogP contribution in [0.5, 0.6) is 11.5 Å². The summed E-state index contributed by atoms with van der Waals surface area (Å²) >= 11 is 1.89. The van der Waals surface area contributed by atoms with Gasteiger partial charge in [0.2, 0.25) is 0 Å². The average molecular weight is 441 g/mol. The van der Waals surface area contributed by atoms with E-state index in [1.165, 1.54) is 26.1 Å². The third kappa shape index (κ3) is 5.59. The van der Waals surface area contributed by atoms with E-state index in [-0.39, 0.29) is 5.97 Å². The maximum atomic E-state index is 12.1. The Kier molecular flexibility index (Phi) is 7.26. The number of fused-ring (bicyclic) bond motifs is 1. The quantitative estimate of drug-likeness (QED) is 0.279. The lowest BCUT2D eigenvalue weighted by molar-refractivity contribution is -0.158. The summed E-state index contributed by atoms with van der Waals surface area (Å²) in [4.78, 5) is 13.5. The third-order valence-electron chi connectivity index (χ3n) is 5.29. The Morgan fingerprint density at radius 1 is 1.06 bits per heavy atom. The molecule has 166 valence electrons. The Morgan fingerprint density at radius 3 is 2.55 bits per heavy atom. The van der Waals surface area contributed by atoms with Gasteiger partial charge in [-0.15, -0.1) is 11.3 Å². The van der Waals surface area contributed by atoms with Crippen molar-refractivity contribution < 1.29 is 19.0 Å². The van der Waals surface area contributed by atoms with Gasteiger partial charge in [-0.05, 0) is 101 Å². The van der Waals surface area contributed by atoms with Crippen LogP contribution in [0.25, 0.3) is 10.1 Å². The monoisotopic (exact) mass is 440 g/mol. The van der Waals surface area contributed by atoms with Crippen molar-refractivity contribution in [3.8, 4) is 11.5 Å². The second-order valence-electron chi connectivity index (χ2n) is 8.36. The fourth-order valence-electron chi connectivity index (χ4n) is 3.49. The summed E-state index contributed by atoms with van der Waals surface area (Å²) in [7, 11) is 0. The van der Waals surface area contributed by atoms with Crippen LogP contribution < -0.4 is 9.47 Å². The summed E-state index contributed by atoms with van der Waals surface area (Å²) in [5.41, 5.74) is 2.58. The van der Waals surface area contributed by atoms with Crippen molar-refractivity contribution in [1.82, 2.24) is 0 Å². The van der Waals surface area contributed by atoms with E-state index < -0.39 is 5.60 Å². The number of hydrogen-bond acceptors (Lipinski definition) is 5. The van der Waals surface area contributed by atoms with Gasteiger partial charge in [0.15, 0.2) is 5.60 Å². The van der Waals surface area contributed by atoms with Gasteiger partial charge in [-0.25, -0.2) is 4.79 Å². The topological polar surface area (TPSA) is 44.8 Å². The Hall–Kier alpha value is -2.53. The Labute approximate surface area is 189 Å². The van der Waals surface area contributed by atoms with Crippen LogP contribution >= 0.6 is 11.3 Å². The molecule has 0 spiro atoms. The molecule has 1 aromatic heterocycles. The van der Waals surface area contributed by atoms with E-state index in [4.69, 9.17) is 14.2 Å². The standard InChI is InChI=1S/C26H32O4S/c1-7-28-25(27)26(5,6)30-22-13-11-20(16-18(22)3)29-14-8-9-23-19(4)21-12-10-17(2)15-24(21)31-23/h10-13,15-16H,7-9,14H2,1-6H3. The van der Waals surface area contributed by atoms with E-state index in [1.807, 2.05) is 36.5 Å². The van der Waals surface area contributed by atoms with Crippen molar-refractivity contribution in [3.63, 3.8) is 0 Å². The van der Waals surface area contributed by atoms with Gasteiger partial charge >= 0.3 is 5.97 Å². The number of esters is 1. The van der Waals surface area contributed by atoms with Gasteiger partial charge < -0.3 is 14.2 Å². The fraction of sp³-hybridized carbons (Fsp3) is 0.423. The molecule has 0 aliphatic rings. The molecular formula is C26H32O4S. The van der Waals surface area contributed by atoms with Crippen LogP contribution in [-0.4, -0.2) is 24.8 Å². The molecule has 0 saturated carbocycles. The SMILES string of the molecule is CCOC(=O)C(C)(C)Oc1ccc(OCCCc2sc3cc(C)ccc3c2C)cc1C. The Balaban J connectivity index is 1.55. The molecule has 0 aliphatic heterocycles. The summed E-state index contributed by atoms with van der Waals surface area (Å²) in [6, 6.07) is 12.4. The molecule has 3 aromatic rings. The minimum atomic E-state index is -1.04. The molecule has 3 rings (SSSR count). The van der Waals surface area contributed by atoms with Crippen molar-refractivity contribution in [2.75, 3.05) is 13.2 Å². The maximum Gasteiger partial charge on any atom is 0.349 e. The van der Waals surface area contributed by atoms with Crippen LogP contribution in [0, 0.1) is 20.8 Å². The van der Waals surface area contributed by atoms with Gasteiger partial charge in [-0.2, -0.15) is 0 Å². The number of rotatable bonds is 9. The predicted molar refractivity (Wildman–Crippen MR) is 128 cm³/mol. The van der Waals surface area contributed by atoms with Gasteiger partial charge in [0.05, 0.1) is 13.2 Å². The Bertz CT molecular complexity index is 1060. The lowest BCUT2D eigenvalue weighted by Gasteiger charge is -2.25. The van der Waals surface area contributed by atoms with Gasteiger partial charge in [0, 0.05) is 9.58 Å². The zero-order valence-corrected chi connectivity index (χ0v) is 20.2. The van der Waals surface area contributed by atoms with E-state index in [0.717, 1.165) is 24.2 Å². The van der Waals surface area contributed by atoms with Gasteiger partial charge in [0.25, 0.3) is 0 Å². The number of thiophene rings is 1. The molecule has 1 heterocycles. The minimum absolute atomic E-state index is 0.331. The summed E-state index contributed by atoms with van der Waals surface area (Å²) in [5.74, 6) is 1.09. The van der Waals surface area contributed by atoms with Crippen molar-refractivity contribution in [1.29, 1.82) is 0 Å². The smallest absolute Gasteiger partial charge is 0.349 e. The van der Waals surface area contributed by atoms with E-state index in [2.05, 4.69) is 32.0 Å². The molecule has 0 fully saturated rings. The van der Waals surface area contributed by atoms with Crippen molar-refractivity contribution in [2.45, 2.75) is 60.0 Å². The second kappa shape index (κ2) is 9.73. The van der Waals surface area contributed by atoms with E-state index in [0.29, 0.717) is 19.0 Å². The lowest BCUT2D eigenvalue weighted by Crippen LogP contribution is -2.39. The molecule has 0 N–H and O–H groups in total. The number of aryl methyl sites for hydroxylation is 4. The summed E-state index contributed by atoms with van der Waals surface area (Å²) in [6.45, 7) is 12.5. The zero-order chi connectivity index (χ0) is 22.6. The minimum Gasteiger partial charge on any atom is -0.494 e. The van der Waals surface area contributed by atoms with Crippen LogP contribution in [-0.2, 0) is 16.0 Å². The van der Waals surface area contributed by atoms with Gasteiger partial charge in [-0.3, -0.25) is 0 Å². The maximum absolute atomic E-state index is 12.1. The first-order valence-corrected chi connectivity index (χ1v) is 11.6. The molecule has 0 amide bonds. The van der Waals surface area contributed by atoms with Crippen LogP contribution in [0.2, 0.25) is 0 Å². The van der Waals surface area contributed by atoms with Crippen LogP contribution in [0.1, 0.15) is 48.8 Å². The highest BCUT2D eigenvalue weighted by molar-refractivity contribution is 7.19. The van der Waals surface area contributed by atoms with Crippen LogP contribution in [0.4, 0.5) is 0 Å². The summed E-state index contributed by atoms with van der Waals surface area (Å²) < 4.78 is 18.3. The predicted octanol–water partition coefficient (Wildman–Crippen LogP) is 6.56. The zero-order valence-electron chi connectivity index (χ0n) is 19.3. The molecule has 4 nitrogen and oxygen atoms in total. The van der Waals surface area contributed by atoms with Crippen LogP contribution in [0.3, 0.4) is 0 Å². The number of benzene rings is 2. The summed E-state index contributed by atoms with van der Waals surface area (Å²) in [6.07, 6.45) is 1.97. The largest absolute Gasteiger partial charge is 0.494 e. The Morgan fingerprint density at radius 2 is 1.84 bits per heavy atom. The van der Waals surface area contributed by atoms with E-state index in [9.17, 15) is 4.79 Å². The first kappa shape index (κ1) is 23.1. The number of carbonyl (C=O) groups excluding carboxylic acids is 1. The van der Waals surface area contributed by atoms with Crippen molar-refractivity contribution >= 4 is 27.4 Å². The number of ether oxygens (including phenoxy) is 3. The second-order valence-corrected chi connectivity index (χ2v) is 9.50. The molecule has 0 unspecified atom stereocenters. The number of carbonyl (C=O) groups is 1.